The van der Waals surface area contributed by atoms with E-state index >= 15 is 0 Å². The lowest BCUT2D eigenvalue weighted by molar-refractivity contribution is 0.294. The second-order valence-electron chi connectivity index (χ2n) is 18.0. The van der Waals surface area contributed by atoms with Crippen LogP contribution in [0.4, 0.5) is 0 Å². The maximum Gasteiger partial charge on any atom is 0.426 e. The molecule has 8 aromatic rings. The first-order chi connectivity index (χ1) is 28.9. The molecule has 0 saturated carbocycles. The summed E-state index contributed by atoms with van der Waals surface area (Å²) in [6, 6.07) is 42.3. The molecule has 0 atom stereocenters. The average molecular weight is 845 g/mol. The molecule has 0 amide bonds. The van der Waals surface area contributed by atoms with Gasteiger partial charge in [-0.3, -0.25) is 0 Å². The van der Waals surface area contributed by atoms with Gasteiger partial charge in [-0.25, -0.2) is 9.97 Å². The number of rotatable bonds is 2. The maximum absolute atomic E-state index is 6.54. The SMILES string of the molecule is CB1OB(C)OB(C)O1.CC(C)(C)c1cc(-c2cc(Cl)c3c(Cl)cccc3n2)cc2ccccc12.Cc1cccc2nc(-c3cc(C(C)(C)C)c4ccccc4c3)cc(C)c12. The van der Waals surface area contributed by atoms with Crippen LogP contribution in [0, 0.1) is 13.8 Å². The number of halogens is 2. The summed E-state index contributed by atoms with van der Waals surface area (Å²) < 4.78 is 15.3. The lowest BCUT2D eigenvalue weighted by Gasteiger charge is -2.25. The summed E-state index contributed by atoms with van der Waals surface area (Å²) in [5.74, 6) is 0. The zero-order valence-corrected chi connectivity index (χ0v) is 38.7. The number of nitrogens with zero attached hydrogens (tertiary/aromatic N) is 2. The van der Waals surface area contributed by atoms with Crippen molar-refractivity contribution >= 4 is 87.9 Å². The molecule has 0 unspecified atom stereocenters. The van der Waals surface area contributed by atoms with E-state index in [1.54, 1.807) is 0 Å². The number of aryl methyl sites for hydroxylation is 2. The van der Waals surface area contributed by atoms with Crippen molar-refractivity contribution < 1.29 is 13.7 Å². The molecule has 3 heterocycles. The van der Waals surface area contributed by atoms with Crippen molar-refractivity contribution in [3.05, 3.63) is 154 Å². The molecule has 5 nitrogen and oxygen atoms in total. The molecule has 0 radical (unpaired) electrons. The summed E-state index contributed by atoms with van der Waals surface area (Å²) in [4.78, 5) is 9.83. The number of pyridine rings is 2. The summed E-state index contributed by atoms with van der Waals surface area (Å²) >= 11 is 12.8. The van der Waals surface area contributed by atoms with Crippen molar-refractivity contribution in [1.82, 2.24) is 9.97 Å². The van der Waals surface area contributed by atoms with Crippen LogP contribution in [0.5, 0.6) is 0 Å². The van der Waals surface area contributed by atoms with Gasteiger partial charge in [0.25, 0.3) is 0 Å². The third-order valence-corrected chi connectivity index (χ3v) is 11.7. The van der Waals surface area contributed by atoms with Gasteiger partial charge in [0.1, 0.15) is 0 Å². The Balaban J connectivity index is 0.000000153. The van der Waals surface area contributed by atoms with Gasteiger partial charge in [0.2, 0.25) is 0 Å². The zero-order valence-electron chi connectivity index (χ0n) is 37.2. The van der Waals surface area contributed by atoms with E-state index in [9.17, 15) is 0 Å². The lowest BCUT2D eigenvalue weighted by Crippen LogP contribution is -2.44. The first-order valence-electron chi connectivity index (χ1n) is 21.0. The van der Waals surface area contributed by atoms with Crippen LogP contribution in [0.3, 0.4) is 0 Å². The predicted molar refractivity (Wildman–Crippen MR) is 264 cm³/mol. The summed E-state index contributed by atoms with van der Waals surface area (Å²) in [7, 11) is -0.406. The summed E-state index contributed by atoms with van der Waals surface area (Å²) in [6.07, 6.45) is 0. The van der Waals surface area contributed by atoms with Crippen LogP contribution in [0.15, 0.2) is 121 Å². The molecule has 0 spiro atoms. The van der Waals surface area contributed by atoms with Gasteiger partial charge < -0.3 is 13.7 Å². The molecule has 0 bridgehead atoms. The lowest BCUT2D eigenvalue weighted by atomic mass is 9.74. The van der Waals surface area contributed by atoms with Crippen molar-refractivity contribution in [1.29, 1.82) is 0 Å². The van der Waals surface area contributed by atoms with E-state index < -0.39 is 0 Å². The summed E-state index contributed by atoms with van der Waals surface area (Å²) in [6.45, 7) is 23.5. The fourth-order valence-corrected chi connectivity index (χ4v) is 8.88. The van der Waals surface area contributed by atoms with Crippen LogP contribution in [0.2, 0.25) is 30.5 Å². The Morgan fingerprint density at radius 1 is 0.459 bits per heavy atom. The molecule has 61 heavy (non-hydrogen) atoms. The van der Waals surface area contributed by atoms with Crippen LogP contribution < -0.4 is 0 Å². The fourth-order valence-electron chi connectivity index (χ4n) is 8.25. The number of fused-ring (bicyclic) bond motifs is 4. The average Bonchev–Trinajstić information content (AvgIpc) is 3.19. The van der Waals surface area contributed by atoms with Gasteiger partial charge in [-0.15, -0.1) is 0 Å². The van der Waals surface area contributed by atoms with Gasteiger partial charge in [0.15, 0.2) is 0 Å². The standard InChI is InChI=1S/C25H25N.C23H19Cl2N.C3H9B3O3/c1-16-9-8-12-22-24(16)17(2)13-23(26-22)19-14-18-10-6-7-11-20(18)21(15-19)25(3,4)5;1-23(2,3)17-12-15(11-14-7-4-5-8-16(14)17)21-13-19(25)22-18(24)9-6-10-20(22)26-21;1-4-7-5(2)9-6(3)8-4/h6-15H,1-5H3;4-13H,1-3H3;1-3H3. The van der Waals surface area contributed by atoms with E-state index in [0.717, 1.165) is 33.4 Å². The Hall–Kier alpha value is -4.69. The Morgan fingerprint density at radius 3 is 1.39 bits per heavy atom. The predicted octanol–water partition coefficient (Wildman–Crippen LogP) is 15.0. The van der Waals surface area contributed by atoms with Crippen molar-refractivity contribution in [3.63, 3.8) is 0 Å². The van der Waals surface area contributed by atoms with E-state index in [1.807, 2.05) is 44.7 Å². The molecule has 0 aliphatic carbocycles. The Labute approximate surface area is 372 Å². The van der Waals surface area contributed by atoms with Crippen molar-refractivity contribution in [2.24, 2.45) is 0 Å². The minimum absolute atomic E-state index is 0.0273. The molecule has 1 saturated heterocycles. The molecule has 9 rings (SSSR count). The van der Waals surface area contributed by atoms with E-state index in [1.165, 1.54) is 54.7 Å². The van der Waals surface area contributed by atoms with E-state index in [0.29, 0.717) is 10.0 Å². The van der Waals surface area contributed by atoms with Gasteiger partial charge in [-0.1, -0.05) is 131 Å². The van der Waals surface area contributed by atoms with Crippen molar-refractivity contribution in [3.8, 4) is 22.5 Å². The highest BCUT2D eigenvalue weighted by molar-refractivity contribution is 6.72. The summed E-state index contributed by atoms with van der Waals surface area (Å²) in [5, 5.41) is 8.42. The normalized spacial score (nSPS) is 13.4. The topological polar surface area (TPSA) is 53.5 Å². The number of hydrogen-bond acceptors (Lipinski definition) is 5. The van der Waals surface area contributed by atoms with Crippen molar-refractivity contribution in [2.75, 3.05) is 0 Å². The van der Waals surface area contributed by atoms with E-state index in [-0.39, 0.29) is 32.2 Å². The van der Waals surface area contributed by atoms with Crippen LogP contribution in [0.25, 0.3) is 65.9 Å². The van der Waals surface area contributed by atoms with Crippen LogP contribution >= 0.6 is 23.2 Å². The first kappa shape index (κ1) is 44.4. The summed E-state index contributed by atoms with van der Waals surface area (Å²) in [5.41, 5.74) is 11.4. The number of hydrogen-bond donors (Lipinski definition) is 0. The van der Waals surface area contributed by atoms with Gasteiger partial charge in [0.05, 0.1) is 32.5 Å². The van der Waals surface area contributed by atoms with Gasteiger partial charge >= 0.3 is 21.4 Å². The molecule has 2 aromatic heterocycles. The Morgan fingerprint density at radius 2 is 0.902 bits per heavy atom. The fraction of sp³-hybridized carbons (Fsp3) is 0.255. The Kier molecular flexibility index (Phi) is 13.1. The molecule has 308 valence electrons. The van der Waals surface area contributed by atoms with Gasteiger partial charge in [-0.05, 0) is 144 Å². The second-order valence-corrected chi connectivity index (χ2v) is 18.8. The molecular formula is C51H53B3Cl2N2O3. The Bertz CT molecular complexity index is 2680. The molecule has 1 fully saturated rings. The third-order valence-electron chi connectivity index (χ3n) is 11.1. The van der Waals surface area contributed by atoms with Crippen molar-refractivity contribution in [2.45, 2.75) is 86.7 Å². The van der Waals surface area contributed by atoms with Crippen LogP contribution in [0.1, 0.15) is 63.8 Å². The molecule has 10 heteroatoms. The van der Waals surface area contributed by atoms with Crippen LogP contribution in [-0.2, 0) is 24.5 Å². The van der Waals surface area contributed by atoms with E-state index in [4.69, 9.17) is 46.9 Å². The van der Waals surface area contributed by atoms with Crippen LogP contribution in [-0.4, -0.2) is 31.3 Å². The van der Waals surface area contributed by atoms with Gasteiger partial charge in [-0.2, -0.15) is 0 Å². The monoisotopic (exact) mass is 844 g/mol. The largest absolute Gasteiger partial charge is 0.453 e. The molecule has 1 aliphatic rings. The van der Waals surface area contributed by atoms with E-state index in [2.05, 4.69) is 152 Å². The minimum Gasteiger partial charge on any atom is -0.453 e. The number of benzene rings is 6. The number of aromatic nitrogens is 2. The highest BCUT2D eigenvalue weighted by atomic mass is 35.5. The molecule has 6 aromatic carbocycles. The maximum atomic E-state index is 6.54. The smallest absolute Gasteiger partial charge is 0.426 e. The molecule has 0 N–H and O–H groups in total. The quantitative estimate of drug-likeness (QED) is 0.162. The third kappa shape index (κ3) is 10.0. The zero-order chi connectivity index (χ0) is 43.8. The molecule has 1 aliphatic heterocycles. The highest BCUT2D eigenvalue weighted by Gasteiger charge is 2.31. The molecular weight excluding hydrogens is 792 g/mol. The minimum atomic E-state index is -0.135. The first-order valence-corrected chi connectivity index (χ1v) is 21.8. The second kappa shape index (κ2) is 18.0. The van der Waals surface area contributed by atoms with Gasteiger partial charge in [0, 0.05) is 21.9 Å². The highest BCUT2D eigenvalue weighted by Crippen LogP contribution is 2.38.